The first-order valence-corrected chi connectivity index (χ1v) is 9.63. The molecule has 1 atom stereocenters. The van der Waals surface area contributed by atoms with Crippen molar-refractivity contribution in [2.75, 3.05) is 20.7 Å². The minimum absolute atomic E-state index is 0.885. The van der Waals surface area contributed by atoms with Crippen molar-refractivity contribution in [2.45, 2.75) is 76.7 Å². The number of ether oxygens (including phenoxy) is 1. The van der Waals surface area contributed by atoms with Crippen molar-refractivity contribution in [1.82, 2.24) is 4.90 Å². The van der Waals surface area contributed by atoms with Gasteiger partial charge in [-0.3, -0.25) is 0 Å². The number of hydrogen-bond acceptors (Lipinski definition) is 2. The number of likely N-dealkylation sites (tertiary alicyclic amines) is 1. The van der Waals surface area contributed by atoms with E-state index in [0.29, 0.717) is 0 Å². The fourth-order valence-corrected chi connectivity index (χ4v) is 3.83. The van der Waals surface area contributed by atoms with Crippen LogP contribution in [0.2, 0.25) is 0 Å². The lowest BCUT2D eigenvalue weighted by atomic mass is 10.0. The van der Waals surface area contributed by atoms with Crippen LogP contribution in [0, 0.1) is 0 Å². The zero-order valence-electron chi connectivity index (χ0n) is 15.2. The molecule has 0 amide bonds. The van der Waals surface area contributed by atoms with Crippen molar-refractivity contribution < 1.29 is 4.74 Å². The van der Waals surface area contributed by atoms with E-state index in [2.05, 4.69) is 30.1 Å². The van der Waals surface area contributed by atoms with Gasteiger partial charge in [0.25, 0.3) is 0 Å². The van der Waals surface area contributed by atoms with Crippen LogP contribution in [0.5, 0.6) is 5.75 Å². The van der Waals surface area contributed by atoms with Crippen molar-refractivity contribution >= 4 is 0 Å². The Morgan fingerprint density at radius 1 is 1.00 bits per heavy atom. The molecule has 130 valence electrons. The van der Waals surface area contributed by atoms with Crippen molar-refractivity contribution in [1.29, 1.82) is 0 Å². The van der Waals surface area contributed by atoms with Gasteiger partial charge in [-0.2, -0.15) is 0 Å². The van der Waals surface area contributed by atoms with Crippen LogP contribution in [0.15, 0.2) is 24.3 Å². The van der Waals surface area contributed by atoms with Gasteiger partial charge in [-0.15, -0.1) is 0 Å². The largest absolute Gasteiger partial charge is 0.496 e. The molecule has 0 N–H and O–H groups in total. The van der Waals surface area contributed by atoms with Gasteiger partial charge in [-0.05, 0) is 57.3 Å². The molecule has 0 aliphatic carbocycles. The molecule has 2 heteroatoms. The molecule has 1 aliphatic heterocycles. The SMILES string of the molecule is COc1ccccc1CCCCCCCCC[C@@H]1CCCN1C. The molecule has 1 aromatic carbocycles. The van der Waals surface area contributed by atoms with Gasteiger partial charge in [0, 0.05) is 6.04 Å². The first kappa shape index (κ1) is 18.3. The van der Waals surface area contributed by atoms with Gasteiger partial charge in [0.1, 0.15) is 5.75 Å². The molecule has 23 heavy (non-hydrogen) atoms. The van der Waals surface area contributed by atoms with Gasteiger partial charge in [0.2, 0.25) is 0 Å². The Morgan fingerprint density at radius 2 is 1.70 bits per heavy atom. The van der Waals surface area contributed by atoms with Crippen molar-refractivity contribution in [3.63, 3.8) is 0 Å². The highest BCUT2D eigenvalue weighted by Gasteiger charge is 2.19. The third-order valence-electron chi connectivity index (χ3n) is 5.35. The Kier molecular flexibility index (Phi) is 8.52. The van der Waals surface area contributed by atoms with E-state index in [1.807, 2.05) is 6.07 Å². The highest BCUT2D eigenvalue weighted by Crippen LogP contribution is 2.22. The molecule has 0 unspecified atom stereocenters. The predicted octanol–water partition coefficient (Wildman–Crippen LogP) is 5.45. The number of unbranched alkanes of at least 4 members (excludes halogenated alkanes) is 6. The van der Waals surface area contributed by atoms with Crippen molar-refractivity contribution in [2.24, 2.45) is 0 Å². The smallest absolute Gasteiger partial charge is 0.122 e. The lowest BCUT2D eigenvalue weighted by Gasteiger charge is -2.18. The molecule has 1 aliphatic rings. The number of benzene rings is 1. The molecule has 2 rings (SSSR count). The third kappa shape index (κ3) is 6.55. The summed E-state index contributed by atoms with van der Waals surface area (Å²) < 4.78 is 5.41. The summed E-state index contributed by atoms with van der Waals surface area (Å²) in [5.74, 6) is 1.05. The summed E-state index contributed by atoms with van der Waals surface area (Å²) in [6.07, 6.45) is 15.1. The van der Waals surface area contributed by atoms with Crippen LogP contribution in [-0.2, 0) is 6.42 Å². The number of nitrogens with zero attached hydrogens (tertiary/aromatic N) is 1. The second kappa shape index (κ2) is 10.7. The van der Waals surface area contributed by atoms with E-state index in [4.69, 9.17) is 4.74 Å². The van der Waals surface area contributed by atoms with Crippen LogP contribution >= 0.6 is 0 Å². The molecular weight excluding hydrogens is 282 g/mol. The molecule has 0 saturated carbocycles. The first-order chi connectivity index (χ1) is 11.3. The average molecular weight is 318 g/mol. The lowest BCUT2D eigenvalue weighted by molar-refractivity contribution is 0.289. The quantitative estimate of drug-likeness (QED) is 0.503. The predicted molar refractivity (Wildman–Crippen MR) is 99.3 cm³/mol. The van der Waals surface area contributed by atoms with E-state index in [-0.39, 0.29) is 0 Å². The minimum atomic E-state index is 0.885. The topological polar surface area (TPSA) is 12.5 Å². The molecular formula is C21H35NO. The van der Waals surface area contributed by atoms with Crippen molar-refractivity contribution in [3.05, 3.63) is 29.8 Å². The summed E-state index contributed by atoms with van der Waals surface area (Å²) in [5, 5.41) is 0. The molecule has 1 aromatic rings. The Bertz CT molecular complexity index is 432. The zero-order chi connectivity index (χ0) is 16.3. The van der Waals surface area contributed by atoms with E-state index >= 15 is 0 Å². The number of aryl methyl sites for hydroxylation is 1. The molecule has 1 saturated heterocycles. The molecule has 0 spiro atoms. The zero-order valence-corrected chi connectivity index (χ0v) is 15.2. The molecule has 0 radical (unpaired) electrons. The highest BCUT2D eigenvalue weighted by atomic mass is 16.5. The minimum Gasteiger partial charge on any atom is -0.496 e. The van der Waals surface area contributed by atoms with Crippen LogP contribution < -0.4 is 4.74 Å². The Balaban J connectivity index is 1.43. The van der Waals surface area contributed by atoms with Gasteiger partial charge >= 0.3 is 0 Å². The standard InChI is InChI=1S/C21H35NO/c1-22-18-12-16-20(22)15-9-7-5-3-4-6-8-13-19-14-10-11-17-21(19)23-2/h10-11,14,17,20H,3-9,12-13,15-16,18H2,1-2H3/t20-/m1/s1. The van der Waals surface area contributed by atoms with Gasteiger partial charge in [-0.25, -0.2) is 0 Å². The summed E-state index contributed by atoms with van der Waals surface area (Å²) in [5.41, 5.74) is 1.36. The van der Waals surface area contributed by atoms with E-state index in [0.717, 1.165) is 18.2 Å². The monoisotopic (exact) mass is 317 g/mol. The summed E-state index contributed by atoms with van der Waals surface area (Å²) in [4.78, 5) is 2.55. The number of methoxy groups -OCH3 is 1. The third-order valence-corrected chi connectivity index (χ3v) is 5.35. The van der Waals surface area contributed by atoms with Gasteiger partial charge in [0.05, 0.1) is 7.11 Å². The van der Waals surface area contributed by atoms with Crippen LogP contribution in [0.3, 0.4) is 0 Å². The molecule has 1 heterocycles. The van der Waals surface area contributed by atoms with E-state index in [9.17, 15) is 0 Å². The Hall–Kier alpha value is -1.02. The maximum Gasteiger partial charge on any atom is 0.122 e. The molecule has 0 aromatic heterocycles. The second-order valence-electron chi connectivity index (χ2n) is 7.10. The number of para-hydroxylation sites is 1. The highest BCUT2D eigenvalue weighted by molar-refractivity contribution is 5.33. The van der Waals surface area contributed by atoms with Crippen molar-refractivity contribution in [3.8, 4) is 5.75 Å². The number of hydrogen-bond donors (Lipinski definition) is 0. The van der Waals surface area contributed by atoms with Crippen LogP contribution in [0.25, 0.3) is 0 Å². The lowest BCUT2D eigenvalue weighted by Crippen LogP contribution is -2.24. The first-order valence-electron chi connectivity index (χ1n) is 9.63. The molecule has 1 fully saturated rings. The van der Waals surface area contributed by atoms with E-state index in [1.54, 1.807) is 7.11 Å². The summed E-state index contributed by atoms with van der Waals surface area (Å²) in [6, 6.07) is 9.30. The molecule has 2 nitrogen and oxygen atoms in total. The van der Waals surface area contributed by atoms with Gasteiger partial charge < -0.3 is 9.64 Å². The summed E-state index contributed by atoms with van der Waals surface area (Å²) in [7, 11) is 4.06. The average Bonchev–Trinajstić information content (AvgIpc) is 2.98. The Labute approximate surface area is 143 Å². The number of rotatable bonds is 11. The van der Waals surface area contributed by atoms with Gasteiger partial charge in [0.15, 0.2) is 0 Å². The van der Waals surface area contributed by atoms with Crippen LogP contribution in [0.1, 0.15) is 69.8 Å². The fraction of sp³-hybridized carbons (Fsp3) is 0.714. The normalized spacial score (nSPS) is 18.4. The van der Waals surface area contributed by atoms with E-state index < -0.39 is 0 Å². The van der Waals surface area contributed by atoms with Crippen LogP contribution in [-0.4, -0.2) is 31.6 Å². The summed E-state index contributed by atoms with van der Waals surface area (Å²) >= 11 is 0. The maximum absolute atomic E-state index is 5.41. The second-order valence-corrected chi connectivity index (χ2v) is 7.10. The fourth-order valence-electron chi connectivity index (χ4n) is 3.83. The Morgan fingerprint density at radius 3 is 2.39 bits per heavy atom. The van der Waals surface area contributed by atoms with Crippen LogP contribution in [0.4, 0.5) is 0 Å². The van der Waals surface area contributed by atoms with Gasteiger partial charge in [-0.1, -0.05) is 56.7 Å². The summed E-state index contributed by atoms with van der Waals surface area (Å²) in [6.45, 7) is 1.32. The molecule has 0 bridgehead atoms. The van der Waals surface area contributed by atoms with E-state index in [1.165, 1.54) is 76.3 Å². The maximum atomic E-state index is 5.41.